The van der Waals surface area contributed by atoms with Gasteiger partial charge in [-0.25, -0.2) is 0 Å². The van der Waals surface area contributed by atoms with Gasteiger partial charge in [0.25, 0.3) is 0 Å². The second kappa shape index (κ2) is 11.0. The number of allylic oxidation sites excluding steroid dienone is 1. The van der Waals surface area contributed by atoms with Gasteiger partial charge in [0.2, 0.25) is 0 Å². The maximum Gasteiger partial charge on any atom is 0.188 e. The summed E-state index contributed by atoms with van der Waals surface area (Å²) in [6.07, 6.45) is 17.5. The molecule has 3 saturated carbocycles. The summed E-state index contributed by atoms with van der Waals surface area (Å²) in [7, 11) is 0. The number of rotatable bonds is 9. The molecular formula is C32H54O3S. The lowest BCUT2D eigenvalue weighted by Crippen LogP contribution is -2.52. The molecule has 0 heterocycles. The van der Waals surface area contributed by atoms with Crippen molar-refractivity contribution in [2.75, 3.05) is 0 Å². The van der Waals surface area contributed by atoms with Gasteiger partial charge in [0.05, 0.1) is 6.10 Å². The lowest BCUT2D eigenvalue weighted by Gasteiger charge is -2.59. The van der Waals surface area contributed by atoms with E-state index < -0.39 is 4.93 Å². The first-order chi connectivity index (χ1) is 16.9. The standard InChI is InChI=1S/C32H54O3S/c1-21(10-11-23(3)33)8-7-9-22(2)27-14-15-28-26-13-12-25-20-32(35,36-24(4)34)19-18-30(25,5)29(26)16-17-31(27,28)6/h12,21-23,26-29,33,35H,7-11,13-20H2,1-6H3/t21?,22-,23?,26+,27-,28+,29+,30+,31-,32-/m1/s1. The van der Waals surface area contributed by atoms with Gasteiger partial charge >= 0.3 is 0 Å². The molecule has 0 radical (unpaired) electrons. The first-order valence-electron chi connectivity index (χ1n) is 15.2. The largest absolute Gasteiger partial charge is 0.393 e. The van der Waals surface area contributed by atoms with Crippen LogP contribution in [-0.4, -0.2) is 26.4 Å². The number of aliphatic hydroxyl groups excluding tert-OH is 1. The topological polar surface area (TPSA) is 57.5 Å². The van der Waals surface area contributed by atoms with Gasteiger partial charge in [0, 0.05) is 13.3 Å². The van der Waals surface area contributed by atoms with Crippen molar-refractivity contribution in [1.82, 2.24) is 0 Å². The molecule has 2 N–H and O–H groups in total. The van der Waals surface area contributed by atoms with Crippen LogP contribution in [0.3, 0.4) is 0 Å². The fraction of sp³-hybridized carbons (Fsp3) is 0.906. The first kappa shape index (κ1) is 28.7. The molecule has 36 heavy (non-hydrogen) atoms. The Morgan fingerprint density at radius 2 is 1.78 bits per heavy atom. The Morgan fingerprint density at radius 1 is 1.03 bits per heavy atom. The van der Waals surface area contributed by atoms with Crippen LogP contribution < -0.4 is 0 Å². The smallest absolute Gasteiger partial charge is 0.188 e. The van der Waals surface area contributed by atoms with Crippen molar-refractivity contribution in [3.63, 3.8) is 0 Å². The number of carbonyl (C=O) groups excluding carboxylic acids is 1. The van der Waals surface area contributed by atoms with Crippen molar-refractivity contribution in [1.29, 1.82) is 0 Å². The summed E-state index contributed by atoms with van der Waals surface area (Å²) in [5.41, 5.74) is 2.14. The molecule has 0 aliphatic heterocycles. The molecule has 4 aliphatic rings. The zero-order valence-corrected chi connectivity index (χ0v) is 24.8. The third-order valence-corrected chi connectivity index (χ3v) is 12.7. The van der Waals surface area contributed by atoms with Crippen LogP contribution in [0.1, 0.15) is 125 Å². The number of carbonyl (C=O) groups is 1. The van der Waals surface area contributed by atoms with Crippen molar-refractivity contribution in [3.8, 4) is 0 Å². The van der Waals surface area contributed by atoms with Crippen LogP contribution >= 0.6 is 11.8 Å². The maximum atomic E-state index is 11.8. The number of fused-ring (bicyclic) bond motifs is 5. The van der Waals surface area contributed by atoms with Crippen LogP contribution in [-0.2, 0) is 4.79 Å². The molecule has 0 amide bonds. The quantitative estimate of drug-likeness (QED) is 0.239. The summed E-state index contributed by atoms with van der Waals surface area (Å²) in [5, 5.41) is 20.7. The summed E-state index contributed by atoms with van der Waals surface area (Å²) >= 11 is 1.16. The second-order valence-corrected chi connectivity index (χ2v) is 15.7. The van der Waals surface area contributed by atoms with Gasteiger partial charge in [-0.3, -0.25) is 4.79 Å². The van der Waals surface area contributed by atoms with Crippen LogP contribution in [0.5, 0.6) is 0 Å². The van der Waals surface area contributed by atoms with Crippen LogP contribution in [0.25, 0.3) is 0 Å². The lowest BCUT2D eigenvalue weighted by molar-refractivity contribution is -0.109. The molecule has 4 rings (SSSR count). The maximum absolute atomic E-state index is 11.8. The Labute approximate surface area is 225 Å². The zero-order valence-electron chi connectivity index (χ0n) is 24.0. The Bertz CT molecular complexity index is 822. The molecule has 206 valence electrons. The summed E-state index contributed by atoms with van der Waals surface area (Å²) in [5.74, 6) is 4.76. The zero-order chi connectivity index (χ0) is 26.3. The average molecular weight is 519 g/mol. The monoisotopic (exact) mass is 518 g/mol. The highest BCUT2D eigenvalue weighted by Gasteiger charge is 2.60. The fourth-order valence-electron chi connectivity index (χ4n) is 9.61. The highest BCUT2D eigenvalue weighted by atomic mass is 32.2. The average Bonchev–Trinajstić information content (AvgIpc) is 3.15. The Hall–Kier alpha value is -0.320. The van der Waals surface area contributed by atoms with E-state index in [0.717, 1.165) is 73.0 Å². The first-order valence-corrected chi connectivity index (χ1v) is 16.0. The van der Waals surface area contributed by atoms with Crippen molar-refractivity contribution in [2.24, 2.45) is 46.3 Å². The van der Waals surface area contributed by atoms with E-state index in [4.69, 9.17) is 0 Å². The van der Waals surface area contributed by atoms with Crippen LogP contribution in [0.4, 0.5) is 0 Å². The Kier molecular flexibility index (Phi) is 8.80. The van der Waals surface area contributed by atoms with Crippen LogP contribution in [0.15, 0.2) is 11.6 Å². The number of thioether (sulfide) groups is 1. The molecule has 0 saturated heterocycles. The SMILES string of the molecule is CC(=O)S[C@]1(O)CC[C@@]2(C)C(=CC[C@H]3[C@@H]4CC[C@H]([C@H](C)CCCC(C)CCC(C)O)[C@@]4(C)CC[C@@H]32)C1. The normalized spacial score (nSPS) is 42.5. The molecule has 0 bridgehead atoms. The molecule has 10 atom stereocenters. The summed E-state index contributed by atoms with van der Waals surface area (Å²) < 4.78 is 0. The molecule has 0 aromatic heterocycles. The lowest BCUT2D eigenvalue weighted by atomic mass is 9.47. The number of hydrogen-bond acceptors (Lipinski definition) is 4. The minimum Gasteiger partial charge on any atom is -0.393 e. The molecule has 4 aliphatic carbocycles. The summed E-state index contributed by atoms with van der Waals surface area (Å²) in [4.78, 5) is 10.9. The molecule has 3 nitrogen and oxygen atoms in total. The Morgan fingerprint density at radius 3 is 2.47 bits per heavy atom. The van der Waals surface area contributed by atoms with Crippen LogP contribution in [0, 0.1) is 46.3 Å². The number of hydrogen-bond donors (Lipinski definition) is 2. The highest BCUT2D eigenvalue weighted by Crippen LogP contribution is 2.68. The third kappa shape index (κ3) is 5.67. The molecule has 0 aromatic carbocycles. The summed E-state index contributed by atoms with van der Waals surface area (Å²) in [6.45, 7) is 13.5. The van der Waals surface area contributed by atoms with Gasteiger partial charge < -0.3 is 10.2 Å². The van der Waals surface area contributed by atoms with Gasteiger partial charge in [-0.05, 0) is 111 Å². The van der Waals surface area contributed by atoms with Crippen molar-refractivity contribution in [3.05, 3.63) is 11.6 Å². The molecular weight excluding hydrogens is 464 g/mol. The minimum atomic E-state index is -0.894. The van der Waals surface area contributed by atoms with Crippen molar-refractivity contribution in [2.45, 2.75) is 136 Å². The number of aliphatic hydroxyl groups is 2. The highest BCUT2D eigenvalue weighted by molar-refractivity contribution is 8.14. The van der Waals surface area contributed by atoms with Crippen molar-refractivity contribution >= 4 is 16.9 Å². The third-order valence-electron chi connectivity index (χ3n) is 11.7. The van der Waals surface area contributed by atoms with E-state index >= 15 is 0 Å². The van der Waals surface area contributed by atoms with E-state index in [-0.39, 0.29) is 16.6 Å². The summed E-state index contributed by atoms with van der Waals surface area (Å²) in [6, 6.07) is 0. The molecule has 0 aromatic rings. The minimum absolute atomic E-state index is 0.0316. The molecule has 3 fully saturated rings. The van der Waals surface area contributed by atoms with E-state index in [1.807, 2.05) is 6.92 Å². The van der Waals surface area contributed by atoms with Gasteiger partial charge in [-0.15, -0.1) is 0 Å². The van der Waals surface area contributed by atoms with Gasteiger partial charge in [-0.2, -0.15) is 0 Å². The predicted molar refractivity (Wildman–Crippen MR) is 152 cm³/mol. The van der Waals surface area contributed by atoms with E-state index in [0.29, 0.717) is 11.8 Å². The molecule has 4 heteroatoms. The van der Waals surface area contributed by atoms with Gasteiger partial charge in [-0.1, -0.05) is 70.4 Å². The van der Waals surface area contributed by atoms with Gasteiger partial charge in [0.15, 0.2) is 5.12 Å². The second-order valence-electron chi connectivity index (χ2n) is 14.1. The van der Waals surface area contributed by atoms with E-state index in [1.54, 1.807) is 6.92 Å². The van der Waals surface area contributed by atoms with E-state index in [1.165, 1.54) is 56.9 Å². The van der Waals surface area contributed by atoms with Crippen LogP contribution in [0.2, 0.25) is 0 Å². The van der Waals surface area contributed by atoms with Gasteiger partial charge in [0.1, 0.15) is 4.93 Å². The fourth-order valence-corrected chi connectivity index (χ4v) is 10.6. The van der Waals surface area contributed by atoms with Crippen molar-refractivity contribution < 1.29 is 15.0 Å². The predicted octanol–water partition coefficient (Wildman–Crippen LogP) is 8.14. The Balaban J connectivity index is 1.39. The van der Waals surface area contributed by atoms with E-state index in [9.17, 15) is 15.0 Å². The molecule has 0 spiro atoms. The van der Waals surface area contributed by atoms with E-state index in [2.05, 4.69) is 33.8 Å². The molecule has 2 unspecified atom stereocenters.